The molecule has 0 N–H and O–H groups in total. The lowest BCUT2D eigenvalue weighted by molar-refractivity contribution is -0.941. The van der Waals surface area contributed by atoms with Gasteiger partial charge in [0.2, 0.25) is 5.75 Å². The first-order valence-electron chi connectivity index (χ1n) is 22.8. The molecule has 6 rings (SSSR count). The van der Waals surface area contributed by atoms with Crippen molar-refractivity contribution in [3.05, 3.63) is 111 Å². The average molecular weight is 911 g/mol. The molecule has 66 heavy (non-hydrogen) atoms. The number of hydrogen-bond donors (Lipinski definition) is 0. The molecule has 13 nitrogen and oxygen atoms in total. The molecule has 0 fully saturated rings. The van der Waals surface area contributed by atoms with Crippen LogP contribution in [0, 0.1) is 13.8 Å². The van der Waals surface area contributed by atoms with Gasteiger partial charge in [0.25, 0.3) is 0 Å². The van der Waals surface area contributed by atoms with Gasteiger partial charge in [-0.15, -0.1) is 0 Å². The zero-order valence-electron chi connectivity index (χ0n) is 40.9. The van der Waals surface area contributed by atoms with Crippen LogP contribution in [0.4, 0.5) is 0 Å². The van der Waals surface area contributed by atoms with E-state index in [0.717, 1.165) is 90.3 Å². The van der Waals surface area contributed by atoms with Crippen molar-refractivity contribution in [2.75, 3.05) is 103 Å². The number of methoxy groups -OCH3 is 7. The number of rotatable bonds is 21. The molecule has 0 saturated heterocycles. The summed E-state index contributed by atoms with van der Waals surface area (Å²) in [5.74, 6) is 3.69. The van der Waals surface area contributed by atoms with Gasteiger partial charge in [0.1, 0.15) is 23.6 Å². The number of nitrogens with zero attached hydrogens (tertiary/aromatic N) is 2. The molecule has 0 saturated carbocycles. The van der Waals surface area contributed by atoms with E-state index in [1.807, 2.05) is 12.1 Å². The molecule has 0 aliphatic carbocycles. The first kappa shape index (κ1) is 49.5. The maximum atomic E-state index is 12.8. The second-order valence-electron chi connectivity index (χ2n) is 17.9. The lowest BCUT2D eigenvalue weighted by Crippen LogP contribution is -2.52. The van der Waals surface area contributed by atoms with E-state index in [0.29, 0.717) is 52.5 Å². The maximum Gasteiger partial charge on any atom is 0.331 e. The Bertz CT molecular complexity index is 2350. The van der Waals surface area contributed by atoms with Gasteiger partial charge in [0.15, 0.2) is 23.0 Å². The van der Waals surface area contributed by atoms with Crippen LogP contribution in [0.3, 0.4) is 0 Å². The summed E-state index contributed by atoms with van der Waals surface area (Å²) in [6.07, 6.45) is 6.86. The predicted molar refractivity (Wildman–Crippen MR) is 254 cm³/mol. The van der Waals surface area contributed by atoms with Gasteiger partial charge in [-0.1, -0.05) is 18.2 Å². The highest BCUT2D eigenvalue weighted by molar-refractivity contribution is 5.91. The summed E-state index contributed by atoms with van der Waals surface area (Å²) in [6, 6.07) is 19.3. The van der Waals surface area contributed by atoms with Crippen LogP contribution in [0.15, 0.2) is 66.7 Å². The van der Waals surface area contributed by atoms with E-state index in [1.165, 1.54) is 27.8 Å². The van der Waals surface area contributed by atoms with Crippen molar-refractivity contribution in [1.29, 1.82) is 0 Å². The maximum absolute atomic E-state index is 12.8. The van der Waals surface area contributed by atoms with Crippen molar-refractivity contribution in [2.45, 2.75) is 64.5 Å². The van der Waals surface area contributed by atoms with Crippen LogP contribution in [-0.2, 0) is 44.7 Å². The summed E-state index contributed by atoms with van der Waals surface area (Å²) >= 11 is 0. The number of ether oxygens (including phenoxy) is 9. The zero-order valence-corrected chi connectivity index (χ0v) is 40.9. The number of benzene rings is 4. The standard InChI is InChI=1S/C53H70N2O11/c1-35-14-15-37(29-45(35)58-5)27-43-41-33-46(59-6)36(2)26-39(41)18-22-54(43,3)20-12-24-65-51(56)16-17-52(57)66-25-13-21-55(4)23-19-40-32-47(60-7)48(61-8)34-42(40)44(55)28-38-30-49(62-9)53(64-11)50(31-38)63-10/h14-17,26,29-34,43-44H,12-13,18-25,27-28H2,1-11H3/q+2/b17-16+. The van der Waals surface area contributed by atoms with Gasteiger partial charge < -0.3 is 51.6 Å². The van der Waals surface area contributed by atoms with Crippen molar-refractivity contribution in [3.8, 4) is 40.2 Å². The second kappa shape index (κ2) is 22.0. The van der Waals surface area contributed by atoms with Crippen molar-refractivity contribution < 1.29 is 61.2 Å². The number of carbonyl (C=O) groups is 2. The van der Waals surface area contributed by atoms with Crippen molar-refractivity contribution in [3.63, 3.8) is 0 Å². The van der Waals surface area contributed by atoms with E-state index in [2.05, 4.69) is 70.4 Å². The molecule has 4 unspecified atom stereocenters. The Morgan fingerprint density at radius 2 is 0.970 bits per heavy atom. The smallest absolute Gasteiger partial charge is 0.331 e. The van der Waals surface area contributed by atoms with E-state index in [-0.39, 0.29) is 25.3 Å². The van der Waals surface area contributed by atoms with Crippen molar-refractivity contribution in [2.24, 2.45) is 0 Å². The molecule has 4 atom stereocenters. The number of fused-ring (bicyclic) bond motifs is 2. The van der Waals surface area contributed by atoms with Crippen molar-refractivity contribution >= 4 is 11.9 Å². The Balaban J connectivity index is 1.05. The Kier molecular flexibility index (Phi) is 16.5. The van der Waals surface area contributed by atoms with Gasteiger partial charge in [-0.25, -0.2) is 9.59 Å². The molecule has 4 aromatic rings. The third kappa shape index (κ3) is 11.2. The molecule has 0 amide bonds. The Hall–Kier alpha value is -5.92. The van der Waals surface area contributed by atoms with Crippen LogP contribution in [0.2, 0.25) is 0 Å². The molecule has 4 aromatic carbocycles. The molecule has 2 heterocycles. The number of hydrogen-bond acceptors (Lipinski definition) is 11. The van der Waals surface area contributed by atoms with Crippen LogP contribution in [-0.4, -0.2) is 124 Å². The number of likely N-dealkylation sites (N-methyl/N-ethyl adjacent to an activating group) is 2. The molecule has 13 heteroatoms. The topological polar surface area (TPSA) is 117 Å². The van der Waals surface area contributed by atoms with Gasteiger partial charge in [0, 0.05) is 61.8 Å². The van der Waals surface area contributed by atoms with E-state index >= 15 is 0 Å². The molecule has 0 bridgehead atoms. The first-order chi connectivity index (χ1) is 31.7. The monoisotopic (exact) mass is 910 g/mol. The fourth-order valence-electron chi connectivity index (χ4n) is 10.0. The van der Waals surface area contributed by atoms with Gasteiger partial charge in [-0.05, 0) is 83.6 Å². The third-order valence-corrected chi connectivity index (χ3v) is 13.8. The third-order valence-electron chi connectivity index (χ3n) is 13.8. The fourth-order valence-corrected chi connectivity index (χ4v) is 10.0. The van der Waals surface area contributed by atoms with Crippen molar-refractivity contribution in [1.82, 2.24) is 0 Å². The number of esters is 2. The van der Waals surface area contributed by atoms with Crippen LogP contribution in [0.25, 0.3) is 0 Å². The summed E-state index contributed by atoms with van der Waals surface area (Å²) in [7, 11) is 16.1. The van der Waals surface area contributed by atoms with Gasteiger partial charge in [0.05, 0.1) is 103 Å². The Morgan fingerprint density at radius 1 is 0.530 bits per heavy atom. The van der Waals surface area contributed by atoms with Gasteiger partial charge in [-0.2, -0.15) is 0 Å². The molecule has 0 radical (unpaired) electrons. The minimum atomic E-state index is -0.587. The summed E-state index contributed by atoms with van der Waals surface area (Å²) in [4.78, 5) is 25.7. The van der Waals surface area contributed by atoms with E-state index in [1.54, 1.807) is 49.8 Å². The lowest BCUT2D eigenvalue weighted by atomic mass is 9.85. The fraction of sp³-hybridized carbons (Fsp3) is 0.472. The summed E-state index contributed by atoms with van der Waals surface area (Å²) in [5, 5.41) is 0. The number of quaternary nitrogens is 2. The highest BCUT2D eigenvalue weighted by Crippen LogP contribution is 2.45. The quantitative estimate of drug-likeness (QED) is 0.0350. The van der Waals surface area contributed by atoms with Gasteiger partial charge in [-0.3, -0.25) is 0 Å². The molecular formula is C53H70N2O11+2. The SMILES string of the molecule is COc1cc(CC2c3cc(OC)c(C)cc3CC[N+]2(C)CCCOC(=O)/C=C/C(=O)OCCC[N+]2(C)CCc3cc(OC)c(OC)cc3C2Cc2cc(OC)c(OC)c(OC)c2)ccc1C. The largest absolute Gasteiger partial charge is 0.496 e. The number of aryl methyl sites for hydroxylation is 2. The highest BCUT2D eigenvalue weighted by Gasteiger charge is 2.41. The average Bonchev–Trinajstić information content (AvgIpc) is 3.32. The summed E-state index contributed by atoms with van der Waals surface area (Å²) in [6.45, 7) is 7.93. The minimum Gasteiger partial charge on any atom is -0.496 e. The first-order valence-corrected chi connectivity index (χ1v) is 22.8. The summed E-state index contributed by atoms with van der Waals surface area (Å²) in [5.41, 5.74) is 9.48. The molecule has 2 aliphatic heterocycles. The normalized spacial score (nSPS) is 19.9. The molecule has 0 spiro atoms. The molecular weight excluding hydrogens is 841 g/mol. The van der Waals surface area contributed by atoms with Crippen LogP contribution in [0.5, 0.6) is 40.2 Å². The molecule has 356 valence electrons. The van der Waals surface area contributed by atoms with Gasteiger partial charge >= 0.3 is 11.9 Å². The minimum absolute atomic E-state index is 0.0213. The highest BCUT2D eigenvalue weighted by atomic mass is 16.5. The summed E-state index contributed by atoms with van der Waals surface area (Å²) < 4.78 is 52.5. The molecule has 2 aliphatic rings. The van der Waals surface area contributed by atoms with Crippen LogP contribution < -0.4 is 33.2 Å². The zero-order chi connectivity index (χ0) is 47.6. The van der Waals surface area contributed by atoms with Crippen LogP contribution >= 0.6 is 0 Å². The van der Waals surface area contributed by atoms with E-state index in [4.69, 9.17) is 42.6 Å². The Morgan fingerprint density at radius 3 is 1.47 bits per heavy atom. The van der Waals surface area contributed by atoms with E-state index < -0.39 is 11.9 Å². The predicted octanol–water partition coefficient (Wildman–Crippen LogP) is 8.06. The number of carbonyl (C=O) groups excluding carboxylic acids is 2. The van der Waals surface area contributed by atoms with Crippen LogP contribution in [0.1, 0.15) is 69.4 Å². The molecule has 0 aromatic heterocycles. The Labute approximate surface area is 391 Å². The lowest BCUT2D eigenvalue weighted by Gasteiger charge is -2.46. The second-order valence-corrected chi connectivity index (χ2v) is 17.9. The van der Waals surface area contributed by atoms with E-state index in [9.17, 15) is 9.59 Å².